The minimum absolute atomic E-state index is 0.0815. The van der Waals surface area contributed by atoms with Gasteiger partial charge in [0, 0.05) is 6.08 Å². The molecule has 0 saturated carbocycles. The minimum Gasteiger partial charge on any atom is -0.474 e. The Morgan fingerprint density at radius 1 is 1.33 bits per heavy atom. The van der Waals surface area contributed by atoms with Crippen LogP contribution in [0.5, 0.6) is 5.75 Å². The van der Waals surface area contributed by atoms with E-state index >= 15 is 0 Å². The second-order valence-corrected chi connectivity index (χ2v) is 5.01. The number of ketones is 1. The van der Waals surface area contributed by atoms with Crippen LogP contribution in [-0.4, -0.2) is 24.0 Å². The number of fused-ring (bicyclic) bond motifs is 1. The highest BCUT2D eigenvalue weighted by molar-refractivity contribution is 6.08. The number of allylic oxidation sites excluding steroid dienone is 2. The van der Waals surface area contributed by atoms with Crippen LogP contribution in [0.15, 0.2) is 48.1 Å². The van der Waals surface area contributed by atoms with Gasteiger partial charge in [0.2, 0.25) is 5.78 Å². The van der Waals surface area contributed by atoms with E-state index in [0.717, 1.165) is 5.57 Å². The molecule has 0 N–H and O–H groups in total. The summed E-state index contributed by atoms with van der Waals surface area (Å²) in [6.45, 7) is 5.61. The third-order valence-corrected chi connectivity index (χ3v) is 3.18. The van der Waals surface area contributed by atoms with Crippen LogP contribution in [-0.2, 0) is 9.53 Å². The molecular formula is C17H18O4. The number of carbonyl (C=O) groups is 2. The van der Waals surface area contributed by atoms with Crippen molar-refractivity contribution in [3.05, 3.63) is 53.6 Å². The molecule has 0 aromatic heterocycles. The zero-order chi connectivity index (χ0) is 15.5. The first-order valence-corrected chi connectivity index (χ1v) is 6.83. The van der Waals surface area contributed by atoms with Gasteiger partial charge < -0.3 is 9.47 Å². The fourth-order valence-corrected chi connectivity index (χ4v) is 2.25. The number of hydrogen-bond donors (Lipinski definition) is 0. The molecule has 1 aromatic rings. The molecule has 1 aromatic carbocycles. The van der Waals surface area contributed by atoms with Crippen LogP contribution in [0.25, 0.3) is 0 Å². The maximum atomic E-state index is 12.4. The molecule has 1 atom stereocenters. The Morgan fingerprint density at radius 3 is 2.71 bits per heavy atom. The van der Waals surface area contributed by atoms with E-state index < -0.39 is 11.6 Å². The van der Waals surface area contributed by atoms with Crippen LogP contribution in [0.1, 0.15) is 31.1 Å². The van der Waals surface area contributed by atoms with Crippen molar-refractivity contribution in [2.75, 3.05) is 6.61 Å². The highest BCUT2D eigenvalue weighted by atomic mass is 16.5. The first kappa shape index (κ1) is 15.0. The summed E-state index contributed by atoms with van der Waals surface area (Å²) in [7, 11) is 0. The number of hydrogen-bond acceptors (Lipinski definition) is 4. The van der Waals surface area contributed by atoms with Gasteiger partial charge in [-0.1, -0.05) is 23.8 Å². The molecule has 0 amide bonds. The summed E-state index contributed by atoms with van der Waals surface area (Å²) in [6.07, 6.45) is 4.67. The van der Waals surface area contributed by atoms with E-state index in [0.29, 0.717) is 17.9 Å². The highest BCUT2D eigenvalue weighted by Crippen LogP contribution is 2.36. The van der Waals surface area contributed by atoms with E-state index in [2.05, 4.69) is 0 Å². The lowest BCUT2D eigenvalue weighted by Gasteiger charge is -2.18. The Kier molecular flexibility index (Phi) is 4.26. The highest BCUT2D eigenvalue weighted by Gasteiger charge is 2.41. The smallest absolute Gasteiger partial charge is 0.330 e. The summed E-state index contributed by atoms with van der Waals surface area (Å²) >= 11 is 0. The van der Waals surface area contributed by atoms with Gasteiger partial charge in [-0.2, -0.15) is 0 Å². The van der Waals surface area contributed by atoms with Crippen molar-refractivity contribution in [1.29, 1.82) is 0 Å². The summed E-state index contributed by atoms with van der Waals surface area (Å²) in [6, 6.07) is 7.16. The number of esters is 1. The van der Waals surface area contributed by atoms with Crippen LogP contribution in [0, 0.1) is 0 Å². The summed E-state index contributed by atoms with van der Waals surface area (Å²) in [5.74, 6) is 0.0998. The number of para-hydroxylation sites is 1. The molecule has 1 unspecified atom stereocenters. The molecule has 1 heterocycles. The van der Waals surface area contributed by atoms with Crippen molar-refractivity contribution in [2.24, 2.45) is 0 Å². The largest absolute Gasteiger partial charge is 0.474 e. The van der Waals surface area contributed by atoms with Crippen molar-refractivity contribution in [2.45, 2.75) is 26.4 Å². The topological polar surface area (TPSA) is 52.6 Å². The molecule has 2 rings (SSSR count). The third kappa shape index (κ3) is 3.21. The second kappa shape index (κ2) is 5.95. The Balaban J connectivity index is 2.18. The van der Waals surface area contributed by atoms with E-state index in [1.165, 1.54) is 6.08 Å². The van der Waals surface area contributed by atoms with Gasteiger partial charge >= 0.3 is 5.97 Å². The second-order valence-electron chi connectivity index (χ2n) is 5.01. The van der Waals surface area contributed by atoms with E-state index in [4.69, 9.17) is 9.47 Å². The van der Waals surface area contributed by atoms with Crippen LogP contribution in [0.3, 0.4) is 0 Å². The van der Waals surface area contributed by atoms with Crippen molar-refractivity contribution >= 4 is 11.8 Å². The first-order valence-electron chi connectivity index (χ1n) is 6.83. The van der Waals surface area contributed by atoms with Gasteiger partial charge in [-0.25, -0.2) is 4.79 Å². The number of ether oxygens (including phenoxy) is 2. The van der Waals surface area contributed by atoms with E-state index in [1.807, 2.05) is 12.1 Å². The molecule has 110 valence electrons. The molecule has 0 spiro atoms. The average Bonchev–Trinajstić information content (AvgIpc) is 2.69. The van der Waals surface area contributed by atoms with Crippen LogP contribution < -0.4 is 4.74 Å². The number of benzene rings is 1. The molecule has 0 fully saturated rings. The Morgan fingerprint density at radius 2 is 2.05 bits per heavy atom. The van der Waals surface area contributed by atoms with E-state index in [1.54, 1.807) is 45.1 Å². The molecular weight excluding hydrogens is 268 g/mol. The average molecular weight is 286 g/mol. The molecule has 4 heteroatoms. The fraction of sp³-hybridized carbons (Fsp3) is 0.294. The van der Waals surface area contributed by atoms with Crippen LogP contribution in [0.4, 0.5) is 0 Å². The quantitative estimate of drug-likeness (QED) is 0.485. The van der Waals surface area contributed by atoms with Crippen molar-refractivity contribution in [1.82, 2.24) is 0 Å². The SMILES string of the molecule is CCOC(=O)/C=C/C(C)=C/C1(C)Oc2ccccc2C1=O. The van der Waals surface area contributed by atoms with Crippen LogP contribution in [0.2, 0.25) is 0 Å². The zero-order valence-corrected chi connectivity index (χ0v) is 12.4. The Labute approximate surface area is 124 Å². The standard InChI is InChI=1S/C17H18O4/c1-4-20-15(18)10-9-12(2)11-17(3)16(19)13-7-5-6-8-14(13)21-17/h5-11H,4H2,1-3H3/b10-9+,12-11+. The number of carbonyl (C=O) groups excluding carboxylic acids is 2. The third-order valence-electron chi connectivity index (χ3n) is 3.18. The molecule has 0 saturated heterocycles. The van der Waals surface area contributed by atoms with E-state index in [9.17, 15) is 9.59 Å². The van der Waals surface area contributed by atoms with Crippen molar-refractivity contribution in [3.63, 3.8) is 0 Å². The minimum atomic E-state index is -1.03. The van der Waals surface area contributed by atoms with Gasteiger partial charge in [0.15, 0.2) is 5.60 Å². The molecule has 1 aliphatic heterocycles. The zero-order valence-electron chi connectivity index (χ0n) is 12.4. The molecule has 1 aliphatic rings. The van der Waals surface area contributed by atoms with Gasteiger partial charge in [0.25, 0.3) is 0 Å². The molecule has 21 heavy (non-hydrogen) atoms. The Bertz CT molecular complexity index is 627. The molecule has 0 aliphatic carbocycles. The monoisotopic (exact) mass is 286 g/mol. The summed E-state index contributed by atoms with van der Waals surface area (Å²) in [4.78, 5) is 23.7. The van der Waals surface area contributed by atoms with Crippen molar-refractivity contribution < 1.29 is 19.1 Å². The lowest BCUT2D eigenvalue weighted by atomic mass is 9.95. The van der Waals surface area contributed by atoms with Gasteiger partial charge in [0.1, 0.15) is 5.75 Å². The van der Waals surface area contributed by atoms with Gasteiger partial charge in [-0.15, -0.1) is 0 Å². The Hall–Kier alpha value is -2.36. The maximum absolute atomic E-state index is 12.4. The van der Waals surface area contributed by atoms with Crippen LogP contribution >= 0.6 is 0 Å². The number of rotatable bonds is 4. The summed E-state index contributed by atoms with van der Waals surface area (Å²) < 4.78 is 10.6. The number of Topliss-reactive ketones (excluding diaryl/α,β-unsaturated/α-hetero) is 1. The summed E-state index contributed by atoms with van der Waals surface area (Å²) in [5, 5.41) is 0. The lowest BCUT2D eigenvalue weighted by Crippen LogP contribution is -2.34. The first-order chi connectivity index (χ1) is 9.96. The lowest BCUT2D eigenvalue weighted by molar-refractivity contribution is -0.137. The van der Waals surface area contributed by atoms with Gasteiger partial charge in [0.05, 0.1) is 12.2 Å². The summed E-state index contributed by atoms with van der Waals surface area (Å²) in [5.41, 5.74) is 0.303. The molecule has 0 bridgehead atoms. The fourth-order valence-electron chi connectivity index (χ4n) is 2.25. The van der Waals surface area contributed by atoms with Gasteiger partial charge in [-0.05, 0) is 39.0 Å². The van der Waals surface area contributed by atoms with Gasteiger partial charge in [-0.3, -0.25) is 4.79 Å². The molecule has 0 radical (unpaired) electrons. The predicted octanol–water partition coefficient (Wildman–Crippen LogP) is 3.09. The van der Waals surface area contributed by atoms with Crippen molar-refractivity contribution in [3.8, 4) is 5.75 Å². The normalized spacial score (nSPS) is 21.3. The molecule has 4 nitrogen and oxygen atoms in total. The van der Waals surface area contributed by atoms with E-state index in [-0.39, 0.29) is 5.78 Å². The predicted molar refractivity (Wildman–Crippen MR) is 79.3 cm³/mol. The maximum Gasteiger partial charge on any atom is 0.330 e.